The van der Waals surface area contributed by atoms with Crippen molar-refractivity contribution in [3.63, 3.8) is 0 Å². The van der Waals surface area contributed by atoms with Gasteiger partial charge in [-0.25, -0.2) is 4.68 Å². The molecule has 0 radical (unpaired) electrons. The molecule has 5 aromatic rings. The van der Waals surface area contributed by atoms with Crippen LogP contribution in [0.25, 0.3) is 11.4 Å². The number of para-hydroxylation sites is 1. The van der Waals surface area contributed by atoms with Gasteiger partial charge in [0.15, 0.2) is 5.82 Å². The van der Waals surface area contributed by atoms with E-state index in [1.165, 1.54) is 0 Å². The van der Waals surface area contributed by atoms with Crippen molar-refractivity contribution >= 4 is 17.5 Å². The van der Waals surface area contributed by atoms with Crippen LogP contribution in [0.3, 0.4) is 0 Å². The normalized spacial score (nSPS) is 14.3. The van der Waals surface area contributed by atoms with Crippen LogP contribution in [0.1, 0.15) is 24.1 Å². The number of ether oxygens (including phenoxy) is 1. The largest absolute Gasteiger partial charge is 0.508 e. The molecule has 0 bridgehead atoms. The van der Waals surface area contributed by atoms with E-state index in [1.54, 1.807) is 22.9 Å². The highest BCUT2D eigenvalue weighted by molar-refractivity contribution is 6.06. The molecule has 1 amide bonds. The number of aromatic nitrogens is 3. The molecule has 8 heteroatoms. The molecule has 0 fully saturated rings. The fourth-order valence-corrected chi connectivity index (χ4v) is 4.73. The van der Waals surface area contributed by atoms with Crippen LogP contribution in [0.4, 0.5) is 11.6 Å². The highest BCUT2D eigenvalue weighted by Crippen LogP contribution is 2.37. The number of benzene rings is 4. The topological polar surface area (TPSA) is 101 Å². The second-order valence-corrected chi connectivity index (χ2v) is 9.48. The van der Waals surface area contributed by atoms with Crippen molar-refractivity contribution in [2.45, 2.75) is 19.6 Å². The van der Waals surface area contributed by atoms with Gasteiger partial charge >= 0.3 is 0 Å². The molecule has 1 atom stereocenters. The predicted molar refractivity (Wildman–Crippen MR) is 154 cm³/mol. The van der Waals surface area contributed by atoms with Gasteiger partial charge in [0, 0.05) is 16.9 Å². The van der Waals surface area contributed by atoms with Crippen molar-refractivity contribution in [1.82, 2.24) is 14.8 Å². The van der Waals surface area contributed by atoms with E-state index >= 15 is 0 Å². The van der Waals surface area contributed by atoms with Gasteiger partial charge in [-0.15, -0.1) is 5.10 Å². The number of aromatic hydroxyl groups is 1. The van der Waals surface area contributed by atoms with Crippen molar-refractivity contribution in [3.8, 4) is 22.9 Å². The van der Waals surface area contributed by atoms with E-state index in [2.05, 4.69) is 15.6 Å². The van der Waals surface area contributed by atoms with E-state index in [0.29, 0.717) is 40.9 Å². The second-order valence-electron chi connectivity index (χ2n) is 9.48. The minimum absolute atomic E-state index is 0.123. The number of carbonyl (C=O) groups excluding carboxylic acids is 1. The molecule has 0 saturated carbocycles. The second kappa shape index (κ2) is 10.8. The van der Waals surface area contributed by atoms with E-state index in [9.17, 15) is 9.90 Å². The predicted octanol–water partition coefficient (Wildman–Crippen LogP) is 6.16. The standard InChI is InChI=1S/C32H27N5O3/c1-21-28(31(39)34-25-12-6-3-7-13-25)29(23-15-17-27(18-16-23)40-20-22-9-4-2-5-10-22)37-32(33-21)35-30(36-37)24-11-8-14-26(38)19-24/h2-19,29,38H,20H2,1H3,(H,34,39)(H,33,35,36). The quantitative estimate of drug-likeness (QED) is 0.234. The maximum atomic E-state index is 13.7. The molecule has 6 rings (SSSR count). The number of amides is 1. The number of rotatable bonds is 7. The molecular weight excluding hydrogens is 502 g/mol. The van der Waals surface area contributed by atoms with Gasteiger partial charge in [-0.3, -0.25) is 4.79 Å². The van der Waals surface area contributed by atoms with E-state index in [0.717, 1.165) is 16.9 Å². The Hall–Kier alpha value is -5.37. The monoisotopic (exact) mass is 529 g/mol. The Morgan fingerprint density at radius 2 is 1.68 bits per heavy atom. The Bertz CT molecular complexity index is 1680. The molecule has 1 aliphatic rings. The molecule has 40 heavy (non-hydrogen) atoms. The van der Waals surface area contributed by atoms with Gasteiger partial charge in [0.2, 0.25) is 5.95 Å². The van der Waals surface area contributed by atoms with Crippen LogP contribution in [0.2, 0.25) is 0 Å². The van der Waals surface area contributed by atoms with Gasteiger partial charge in [0.25, 0.3) is 5.91 Å². The zero-order chi connectivity index (χ0) is 27.5. The Kier molecular flexibility index (Phi) is 6.72. The lowest BCUT2D eigenvalue weighted by Gasteiger charge is -2.28. The first kappa shape index (κ1) is 24.9. The maximum Gasteiger partial charge on any atom is 0.255 e. The van der Waals surface area contributed by atoms with Gasteiger partial charge in [0.1, 0.15) is 24.1 Å². The van der Waals surface area contributed by atoms with E-state index in [-0.39, 0.29) is 11.7 Å². The Balaban J connectivity index is 1.36. The molecular formula is C32H27N5O3. The first-order chi connectivity index (χ1) is 19.5. The molecule has 3 N–H and O–H groups in total. The van der Waals surface area contributed by atoms with Crippen LogP contribution in [0, 0.1) is 0 Å². The summed E-state index contributed by atoms with van der Waals surface area (Å²) in [5.74, 6) is 1.53. The lowest BCUT2D eigenvalue weighted by molar-refractivity contribution is -0.113. The van der Waals surface area contributed by atoms with E-state index in [4.69, 9.17) is 9.84 Å². The average molecular weight is 530 g/mol. The summed E-state index contributed by atoms with van der Waals surface area (Å²) in [6, 6.07) is 33.2. The van der Waals surface area contributed by atoms with Crippen molar-refractivity contribution in [1.29, 1.82) is 0 Å². The van der Waals surface area contributed by atoms with Crippen LogP contribution in [0.15, 0.2) is 120 Å². The average Bonchev–Trinajstić information content (AvgIpc) is 3.40. The van der Waals surface area contributed by atoms with Gasteiger partial charge in [-0.2, -0.15) is 4.98 Å². The number of phenols is 1. The lowest BCUT2D eigenvalue weighted by Crippen LogP contribution is -2.31. The van der Waals surface area contributed by atoms with E-state index in [1.807, 2.05) is 97.9 Å². The highest BCUT2D eigenvalue weighted by Gasteiger charge is 2.34. The molecule has 0 spiro atoms. The summed E-state index contributed by atoms with van der Waals surface area (Å²) in [4.78, 5) is 18.4. The Morgan fingerprint density at radius 3 is 2.40 bits per heavy atom. The molecule has 0 saturated heterocycles. The van der Waals surface area contributed by atoms with Crippen molar-refractivity contribution in [2.75, 3.05) is 10.6 Å². The third-order valence-electron chi connectivity index (χ3n) is 6.68. The number of nitrogens with zero attached hydrogens (tertiary/aromatic N) is 3. The third-order valence-corrected chi connectivity index (χ3v) is 6.68. The zero-order valence-corrected chi connectivity index (χ0v) is 21.8. The summed E-state index contributed by atoms with van der Waals surface area (Å²) < 4.78 is 7.70. The molecule has 1 aliphatic heterocycles. The smallest absolute Gasteiger partial charge is 0.255 e. The van der Waals surface area contributed by atoms with Crippen molar-refractivity contribution < 1.29 is 14.6 Å². The summed E-state index contributed by atoms with van der Waals surface area (Å²) in [7, 11) is 0. The molecule has 1 unspecified atom stereocenters. The summed E-state index contributed by atoms with van der Waals surface area (Å²) in [5.41, 5.74) is 4.47. The molecule has 4 aromatic carbocycles. The molecule has 0 aliphatic carbocycles. The Morgan fingerprint density at radius 1 is 0.950 bits per heavy atom. The van der Waals surface area contributed by atoms with Gasteiger partial charge < -0.3 is 20.5 Å². The number of allylic oxidation sites excluding steroid dienone is 1. The molecule has 1 aromatic heterocycles. The first-order valence-corrected chi connectivity index (χ1v) is 12.9. The minimum Gasteiger partial charge on any atom is -0.508 e. The molecule has 198 valence electrons. The highest BCUT2D eigenvalue weighted by atomic mass is 16.5. The van der Waals surface area contributed by atoms with Crippen LogP contribution in [-0.2, 0) is 11.4 Å². The number of anilines is 2. The number of carbonyl (C=O) groups is 1. The van der Waals surface area contributed by atoms with Crippen LogP contribution in [-0.4, -0.2) is 25.8 Å². The molecule has 8 nitrogen and oxygen atoms in total. The first-order valence-electron chi connectivity index (χ1n) is 12.9. The number of hydrogen-bond donors (Lipinski definition) is 3. The summed E-state index contributed by atoms with van der Waals surface area (Å²) >= 11 is 0. The lowest BCUT2D eigenvalue weighted by atomic mass is 9.95. The minimum atomic E-state index is -0.554. The fourth-order valence-electron chi connectivity index (χ4n) is 4.73. The van der Waals surface area contributed by atoms with Crippen LogP contribution < -0.4 is 15.4 Å². The van der Waals surface area contributed by atoms with Crippen LogP contribution >= 0.6 is 0 Å². The van der Waals surface area contributed by atoms with Crippen molar-refractivity contribution in [2.24, 2.45) is 0 Å². The van der Waals surface area contributed by atoms with E-state index < -0.39 is 6.04 Å². The number of phenolic OH excluding ortho intramolecular Hbond substituents is 1. The fraction of sp³-hybridized carbons (Fsp3) is 0.0938. The van der Waals surface area contributed by atoms with Crippen LogP contribution in [0.5, 0.6) is 11.5 Å². The third kappa shape index (κ3) is 5.15. The number of nitrogens with one attached hydrogen (secondary N) is 2. The number of fused-ring (bicyclic) bond motifs is 1. The number of hydrogen-bond acceptors (Lipinski definition) is 6. The van der Waals surface area contributed by atoms with Crippen molar-refractivity contribution in [3.05, 3.63) is 132 Å². The summed E-state index contributed by atoms with van der Waals surface area (Å²) in [5, 5.41) is 21.0. The van der Waals surface area contributed by atoms with Gasteiger partial charge in [-0.05, 0) is 54.4 Å². The summed E-state index contributed by atoms with van der Waals surface area (Å²) in [6.45, 7) is 2.31. The van der Waals surface area contributed by atoms with Gasteiger partial charge in [-0.1, -0.05) is 72.8 Å². The summed E-state index contributed by atoms with van der Waals surface area (Å²) in [6.07, 6.45) is 0. The SMILES string of the molecule is CC1=C(C(=O)Nc2ccccc2)C(c2ccc(OCc3ccccc3)cc2)n2nc(-c3cccc(O)c3)nc2N1. The maximum absolute atomic E-state index is 13.7. The zero-order valence-electron chi connectivity index (χ0n) is 21.8. The van der Waals surface area contributed by atoms with Gasteiger partial charge in [0.05, 0.1) is 5.57 Å². The Labute approximate surface area is 231 Å². The molecule has 2 heterocycles.